The molecule has 6 heteroatoms. The minimum Gasteiger partial charge on any atom is -0.281 e. The zero-order valence-electron chi connectivity index (χ0n) is 7.42. The van der Waals surface area contributed by atoms with Gasteiger partial charge in [-0.05, 0) is 50.9 Å². The molecular formula is C8H9Br2NO2S. The molecule has 0 atom stereocenters. The number of sulfonamides is 1. The number of anilines is 1. The average Bonchev–Trinajstić information content (AvgIpc) is 2.12. The topological polar surface area (TPSA) is 46.2 Å². The van der Waals surface area contributed by atoms with Gasteiger partial charge in [0, 0.05) is 8.95 Å². The van der Waals surface area contributed by atoms with E-state index >= 15 is 0 Å². The Kier molecular flexibility index (Phi) is 3.97. The maximum Gasteiger partial charge on any atom is 0.232 e. The Morgan fingerprint density at radius 2 is 1.79 bits per heavy atom. The first-order chi connectivity index (χ1) is 6.46. The van der Waals surface area contributed by atoms with Gasteiger partial charge in [-0.15, -0.1) is 0 Å². The van der Waals surface area contributed by atoms with Crippen molar-refractivity contribution in [2.45, 2.75) is 6.92 Å². The number of hydrogen-bond donors (Lipinski definition) is 1. The van der Waals surface area contributed by atoms with E-state index in [1.165, 1.54) is 0 Å². The van der Waals surface area contributed by atoms with Crippen molar-refractivity contribution in [2.75, 3.05) is 10.5 Å². The smallest absolute Gasteiger partial charge is 0.232 e. The maximum atomic E-state index is 11.3. The predicted octanol–water partition coefficient (Wildman–Crippen LogP) is 2.97. The first-order valence-electron chi connectivity index (χ1n) is 3.91. The van der Waals surface area contributed by atoms with Crippen LogP contribution in [0.4, 0.5) is 5.69 Å². The molecule has 0 aliphatic rings. The Labute approximate surface area is 100 Å². The molecule has 0 spiro atoms. The van der Waals surface area contributed by atoms with E-state index in [0.717, 1.165) is 0 Å². The lowest BCUT2D eigenvalue weighted by Crippen LogP contribution is -2.15. The molecular weight excluding hydrogens is 334 g/mol. The van der Waals surface area contributed by atoms with Crippen LogP contribution in [0.2, 0.25) is 0 Å². The lowest BCUT2D eigenvalue weighted by molar-refractivity contribution is 0.602. The first-order valence-corrected chi connectivity index (χ1v) is 7.14. The fourth-order valence-corrected chi connectivity index (χ4v) is 2.96. The summed E-state index contributed by atoms with van der Waals surface area (Å²) in [4.78, 5) is 0. The van der Waals surface area contributed by atoms with E-state index in [-0.39, 0.29) is 5.75 Å². The van der Waals surface area contributed by atoms with Crippen molar-refractivity contribution >= 4 is 47.6 Å². The lowest BCUT2D eigenvalue weighted by atomic mass is 10.3. The number of halogens is 2. The molecule has 14 heavy (non-hydrogen) atoms. The fraction of sp³-hybridized carbons (Fsp3) is 0.250. The monoisotopic (exact) mass is 341 g/mol. The van der Waals surface area contributed by atoms with E-state index in [0.29, 0.717) is 14.6 Å². The van der Waals surface area contributed by atoms with Gasteiger partial charge in [-0.3, -0.25) is 4.72 Å². The van der Waals surface area contributed by atoms with Crippen molar-refractivity contribution < 1.29 is 8.42 Å². The van der Waals surface area contributed by atoms with Crippen LogP contribution in [0.15, 0.2) is 27.1 Å². The van der Waals surface area contributed by atoms with Gasteiger partial charge in [-0.1, -0.05) is 6.07 Å². The Bertz CT molecular complexity index is 411. The van der Waals surface area contributed by atoms with Gasteiger partial charge in [0.05, 0.1) is 11.4 Å². The van der Waals surface area contributed by atoms with E-state index in [2.05, 4.69) is 36.6 Å². The van der Waals surface area contributed by atoms with E-state index in [1.807, 2.05) is 6.07 Å². The molecule has 0 heterocycles. The molecule has 3 nitrogen and oxygen atoms in total. The molecule has 0 aliphatic carbocycles. The van der Waals surface area contributed by atoms with Crippen molar-refractivity contribution in [3.05, 3.63) is 27.1 Å². The molecule has 0 unspecified atom stereocenters. The van der Waals surface area contributed by atoms with Gasteiger partial charge in [0.1, 0.15) is 0 Å². The van der Waals surface area contributed by atoms with Crippen LogP contribution >= 0.6 is 31.9 Å². The molecule has 0 bridgehead atoms. The molecule has 78 valence electrons. The van der Waals surface area contributed by atoms with E-state index in [9.17, 15) is 8.42 Å². The van der Waals surface area contributed by atoms with Crippen molar-refractivity contribution in [1.29, 1.82) is 0 Å². The van der Waals surface area contributed by atoms with Gasteiger partial charge < -0.3 is 0 Å². The van der Waals surface area contributed by atoms with Gasteiger partial charge in [-0.25, -0.2) is 8.42 Å². The third-order valence-electron chi connectivity index (χ3n) is 1.60. The second-order valence-electron chi connectivity index (χ2n) is 2.60. The highest BCUT2D eigenvalue weighted by molar-refractivity contribution is 9.11. The number of benzene rings is 1. The molecule has 0 saturated heterocycles. The van der Waals surface area contributed by atoms with Gasteiger partial charge in [0.25, 0.3) is 0 Å². The van der Waals surface area contributed by atoms with Crippen LogP contribution in [0.25, 0.3) is 0 Å². The standard InChI is InChI=1S/C8H9Br2NO2S/c1-2-14(12,13)11-8-6(9)4-3-5-7(8)10/h3-5,11H,2H2,1H3. The summed E-state index contributed by atoms with van der Waals surface area (Å²) in [6.45, 7) is 1.59. The highest BCUT2D eigenvalue weighted by atomic mass is 79.9. The van der Waals surface area contributed by atoms with Crippen LogP contribution in [0.5, 0.6) is 0 Å². The van der Waals surface area contributed by atoms with Crippen LogP contribution in [0, 0.1) is 0 Å². The summed E-state index contributed by atoms with van der Waals surface area (Å²) >= 11 is 6.54. The normalized spacial score (nSPS) is 11.4. The summed E-state index contributed by atoms with van der Waals surface area (Å²) in [6.07, 6.45) is 0. The van der Waals surface area contributed by atoms with Crippen molar-refractivity contribution in [3.8, 4) is 0 Å². The van der Waals surface area contributed by atoms with Gasteiger partial charge in [0.15, 0.2) is 0 Å². The lowest BCUT2D eigenvalue weighted by Gasteiger charge is -2.09. The number of nitrogens with one attached hydrogen (secondary N) is 1. The summed E-state index contributed by atoms with van der Waals surface area (Å²) in [5.41, 5.74) is 0.536. The third-order valence-corrected chi connectivity index (χ3v) is 4.20. The van der Waals surface area contributed by atoms with E-state index < -0.39 is 10.0 Å². The van der Waals surface area contributed by atoms with Crippen molar-refractivity contribution in [3.63, 3.8) is 0 Å². The highest BCUT2D eigenvalue weighted by Gasteiger charge is 2.11. The molecule has 0 saturated carbocycles. The van der Waals surface area contributed by atoms with Crippen LogP contribution < -0.4 is 4.72 Å². The van der Waals surface area contributed by atoms with Crippen LogP contribution in [-0.2, 0) is 10.0 Å². The summed E-state index contributed by atoms with van der Waals surface area (Å²) in [7, 11) is -3.23. The fourth-order valence-electron chi connectivity index (χ4n) is 0.823. The summed E-state index contributed by atoms with van der Waals surface area (Å²) in [6, 6.07) is 5.37. The zero-order chi connectivity index (χ0) is 10.8. The summed E-state index contributed by atoms with van der Waals surface area (Å²) < 4.78 is 26.5. The van der Waals surface area contributed by atoms with Gasteiger partial charge in [-0.2, -0.15) is 0 Å². The van der Waals surface area contributed by atoms with Gasteiger partial charge in [0.2, 0.25) is 10.0 Å². The molecule has 1 aromatic carbocycles. The predicted molar refractivity (Wildman–Crippen MR) is 64.9 cm³/mol. The summed E-state index contributed by atoms with van der Waals surface area (Å²) in [5, 5.41) is 0. The Morgan fingerprint density at radius 1 is 1.29 bits per heavy atom. The minimum atomic E-state index is -3.23. The quantitative estimate of drug-likeness (QED) is 0.917. The SMILES string of the molecule is CCS(=O)(=O)Nc1c(Br)cccc1Br. The van der Waals surface area contributed by atoms with Crippen molar-refractivity contribution in [1.82, 2.24) is 0 Å². The van der Waals surface area contributed by atoms with Gasteiger partial charge >= 0.3 is 0 Å². The largest absolute Gasteiger partial charge is 0.281 e. The molecule has 0 radical (unpaired) electrons. The molecule has 0 aliphatic heterocycles. The first kappa shape index (κ1) is 12.0. The zero-order valence-corrected chi connectivity index (χ0v) is 11.4. The molecule has 0 amide bonds. The van der Waals surface area contributed by atoms with E-state index in [4.69, 9.17) is 0 Å². The second kappa shape index (κ2) is 4.63. The van der Waals surface area contributed by atoms with Crippen LogP contribution in [-0.4, -0.2) is 14.2 Å². The molecule has 0 aromatic heterocycles. The van der Waals surface area contributed by atoms with Crippen LogP contribution in [0.1, 0.15) is 6.92 Å². The Balaban J connectivity index is 3.09. The average molecular weight is 343 g/mol. The number of para-hydroxylation sites is 1. The molecule has 0 fully saturated rings. The second-order valence-corrected chi connectivity index (χ2v) is 6.32. The summed E-state index contributed by atoms with van der Waals surface area (Å²) in [5.74, 6) is 0.0563. The Morgan fingerprint density at radius 3 is 2.21 bits per heavy atom. The molecule has 1 aromatic rings. The molecule has 1 N–H and O–H groups in total. The minimum absolute atomic E-state index is 0.0563. The highest BCUT2D eigenvalue weighted by Crippen LogP contribution is 2.31. The molecule has 1 rings (SSSR count). The van der Waals surface area contributed by atoms with Crippen molar-refractivity contribution in [2.24, 2.45) is 0 Å². The number of hydrogen-bond acceptors (Lipinski definition) is 2. The maximum absolute atomic E-state index is 11.3. The Hall–Kier alpha value is -0.0700. The van der Waals surface area contributed by atoms with E-state index in [1.54, 1.807) is 19.1 Å². The van der Waals surface area contributed by atoms with Crippen LogP contribution in [0.3, 0.4) is 0 Å². The number of rotatable bonds is 3. The third kappa shape index (κ3) is 2.96.